The summed E-state index contributed by atoms with van der Waals surface area (Å²) in [4.78, 5) is 3.07. The Bertz CT molecular complexity index is 513. The zero-order valence-electron chi connectivity index (χ0n) is 22.0. The van der Waals surface area contributed by atoms with Crippen molar-refractivity contribution >= 4 is 0 Å². The van der Waals surface area contributed by atoms with Gasteiger partial charge in [0.15, 0.2) is 0 Å². The van der Waals surface area contributed by atoms with Gasteiger partial charge in [0, 0.05) is 18.6 Å². The van der Waals surface area contributed by atoms with E-state index in [-0.39, 0.29) is 0 Å². The highest BCUT2D eigenvalue weighted by Crippen LogP contribution is 2.27. The van der Waals surface area contributed by atoms with Gasteiger partial charge in [0.2, 0.25) is 0 Å². The second-order valence-electron chi connectivity index (χ2n) is 11.3. The summed E-state index contributed by atoms with van der Waals surface area (Å²) in [6, 6.07) is 13.0. The number of nitrogens with zero attached hydrogens (tertiary/aromatic N) is 1. The summed E-state index contributed by atoms with van der Waals surface area (Å²) in [6.07, 6.45) is 33.5. The highest BCUT2D eigenvalue weighted by atomic mass is 15.2. The third-order valence-corrected chi connectivity index (χ3v) is 8.59. The average molecular weight is 454 g/mol. The molecule has 0 aliphatic heterocycles. The molecule has 0 aromatic heterocycles. The molecule has 0 N–H and O–H groups in total. The molecule has 1 aromatic rings. The number of hydrogen-bond donors (Lipinski definition) is 0. The summed E-state index contributed by atoms with van der Waals surface area (Å²) in [5, 5.41) is 0. The van der Waals surface area contributed by atoms with Crippen molar-refractivity contribution in [1.82, 2.24) is 4.90 Å². The molecule has 0 unspecified atom stereocenters. The highest BCUT2D eigenvalue weighted by Gasteiger charge is 2.25. The van der Waals surface area contributed by atoms with E-state index in [1.54, 1.807) is 0 Å². The molecule has 0 saturated heterocycles. The number of benzene rings is 1. The van der Waals surface area contributed by atoms with Gasteiger partial charge < -0.3 is 0 Å². The standard InChI is InChI=1S/C32H55N/c1-3-7-11-18-24-31(25-19-12-8-4-1)33(29-28-30-22-16-15-17-23-30)32-26-20-13-9-5-2-6-10-14-21-27-32/h15-17,22-23,31-32H,1-14,18-21,24-29H2. The van der Waals surface area contributed by atoms with E-state index in [9.17, 15) is 0 Å². The Hall–Kier alpha value is -0.820. The molecule has 188 valence electrons. The molecule has 2 aliphatic carbocycles. The lowest BCUT2D eigenvalue weighted by Gasteiger charge is -2.39. The number of hydrogen-bond acceptors (Lipinski definition) is 1. The van der Waals surface area contributed by atoms with Gasteiger partial charge in [-0.25, -0.2) is 0 Å². The number of rotatable bonds is 5. The van der Waals surface area contributed by atoms with E-state index in [2.05, 4.69) is 35.2 Å². The Morgan fingerprint density at radius 2 is 0.788 bits per heavy atom. The van der Waals surface area contributed by atoms with E-state index in [4.69, 9.17) is 0 Å². The van der Waals surface area contributed by atoms with Crippen LogP contribution in [0.3, 0.4) is 0 Å². The van der Waals surface area contributed by atoms with E-state index in [0.29, 0.717) is 0 Å². The van der Waals surface area contributed by atoms with Gasteiger partial charge in [-0.05, 0) is 37.7 Å². The van der Waals surface area contributed by atoms with E-state index >= 15 is 0 Å². The second-order valence-corrected chi connectivity index (χ2v) is 11.3. The monoisotopic (exact) mass is 453 g/mol. The average Bonchev–Trinajstić information content (AvgIpc) is 2.82. The third-order valence-electron chi connectivity index (χ3n) is 8.59. The molecule has 0 spiro atoms. The van der Waals surface area contributed by atoms with E-state index in [0.717, 1.165) is 12.1 Å². The topological polar surface area (TPSA) is 3.24 Å². The van der Waals surface area contributed by atoms with Crippen LogP contribution in [0, 0.1) is 0 Å². The van der Waals surface area contributed by atoms with Gasteiger partial charge in [-0.2, -0.15) is 0 Å². The summed E-state index contributed by atoms with van der Waals surface area (Å²) in [5.74, 6) is 0. The Morgan fingerprint density at radius 1 is 0.455 bits per heavy atom. The van der Waals surface area contributed by atoms with Gasteiger partial charge in [-0.1, -0.05) is 146 Å². The van der Waals surface area contributed by atoms with Gasteiger partial charge in [0.05, 0.1) is 0 Å². The fourth-order valence-corrected chi connectivity index (χ4v) is 6.51. The maximum atomic E-state index is 3.07. The van der Waals surface area contributed by atoms with Gasteiger partial charge in [0.1, 0.15) is 0 Å². The van der Waals surface area contributed by atoms with E-state index < -0.39 is 0 Å². The molecule has 1 nitrogen and oxygen atoms in total. The minimum atomic E-state index is 0.825. The minimum Gasteiger partial charge on any atom is -0.297 e. The van der Waals surface area contributed by atoms with Crippen molar-refractivity contribution in [2.45, 2.75) is 160 Å². The molecule has 0 amide bonds. The van der Waals surface area contributed by atoms with Crippen LogP contribution < -0.4 is 0 Å². The van der Waals surface area contributed by atoms with Crippen LogP contribution >= 0.6 is 0 Å². The first kappa shape index (κ1) is 26.8. The lowest BCUT2D eigenvalue weighted by Crippen LogP contribution is -2.44. The quantitative estimate of drug-likeness (QED) is 0.428. The largest absolute Gasteiger partial charge is 0.297 e. The van der Waals surface area contributed by atoms with Crippen LogP contribution in [-0.4, -0.2) is 23.5 Å². The summed E-state index contributed by atoms with van der Waals surface area (Å²) < 4.78 is 0. The molecule has 2 fully saturated rings. The normalized spacial score (nSPS) is 22.6. The molecule has 1 heteroatoms. The first-order valence-corrected chi connectivity index (χ1v) is 15.2. The second kappa shape index (κ2) is 17.6. The van der Waals surface area contributed by atoms with E-state index in [1.807, 2.05) is 0 Å². The zero-order chi connectivity index (χ0) is 22.8. The highest BCUT2D eigenvalue weighted by molar-refractivity contribution is 5.15. The van der Waals surface area contributed by atoms with Crippen LogP contribution in [0.5, 0.6) is 0 Å². The molecule has 1 aromatic carbocycles. The molecular formula is C32H55N. The fraction of sp³-hybridized carbons (Fsp3) is 0.812. The van der Waals surface area contributed by atoms with Gasteiger partial charge in [0.25, 0.3) is 0 Å². The molecule has 2 saturated carbocycles. The van der Waals surface area contributed by atoms with Crippen molar-refractivity contribution in [3.05, 3.63) is 35.9 Å². The molecular weight excluding hydrogens is 398 g/mol. The SMILES string of the molecule is c1ccc(CCN(C2CCCCCCCCCCC2)C2CCCCCCCCCCC2)cc1. The van der Waals surface area contributed by atoms with Crippen LogP contribution in [-0.2, 0) is 6.42 Å². The third kappa shape index (κ3) is 11.4. The molecule has 0 atom stereocenters. The Morgan fingerprint density at radius 3 is 1.15 bits per heavy atom. The lowest BCUT2D eigenvalue weighted by atomic mass is 9.92. The van der Waals surface area contributed by atoms with Crippen LogP contribution in [0.4, 0.5) is 0 Å². The summed E-state index contributed by atoms with van der Waals surface area (Å²) in [5.41, 5.74) is 1.53. The first-order chi connectivity index (χ1) is 16.4. The van der Waals surface area contributed by atoms with Gasteiger partial charge in [-0.15, -0.1) is 0 Å². The van der Waals surface area contributed by atoms with Crippen LogP contribution in [0.2, 0.25) is 0 Å². The van der Waals surface area contributed by atoms with Crippen molar-refractivity contribution in [3.8, 4) is 0 Å². The molecule has 0 bridgehead atoms. The van der Waals surface area contributed by atoms with Crippen LogP contribution in [0.1, 0.15) is 147 Å². The molecule has 0 heterocycles. The van der Waals surface area contributed by atoms with Crippen molar-refractivity contribution in [2.24, 2.45) is 0 Å². The lowest BCUT2D eigenvalue weighted by molar-refractivity contribution is 0.0991. The smallest absolute Gasteiger partial charge is 0.00983 e. The molecule has 3 rings (SSSR count). The zero-order valence-corrected chi connectivity index (χ0v) is 22.0. The predicted octanol–water partition coefficient (Wildman–Crippen LogP) is 9.88. The fourth-order valence-electron chi connectivity index (χ4n) is 6.51. The maximum absolute atomic E-state index is 3.07. The molecule has 2 aliphatic rings. The van der Waals surface area contributed by atoms with Crippen molar-refractivity contribution in [2.75, 3.05) is 6.54 Å². The minimum absolute atomic E-state index is 0.825. The summed E-state index contributed by atoms with van der Waals surface area (Å²) >= 11 is 0. The Kier molecular flexibility index (Phi) is 14.3. The van der Waals surface area contributed by atoms with E-state index in [1.165, 1.54) is 160 Å². The molecule has 33 heavy (non-hydrogen) atoms. The molecule has 0 radical (unpaired) electrons. The predicted molar refractivity (Wildman–Crippen MR) is 146 cm³/mol. The summed E-state index contributed by atoms with van der Waals surface area (Å²) in [6.45, 7) is 1.28. The van der Waals surface area contributed by atoms with Gasteiger partial charge >= 0.3 is 0 Å². The maximum Gasteiger partial charge on any atom is 0.00983 e. The van der Waals surface area contributed by atoms with Crippen molar-refractivity contribution in [3.63, 3.8) is 0 Å². The van der Waals surface area contributed by atoms with Crippen LogP contribution in [0.15, 0.2) is 30.3 Å². The Labute approximate surface area is 207 Å². The summed E-state index contributed by atoms with van der Waals surface area (Å²) in [7, 11) is 0. The van der Waals surface area contributed by atoms with Crippen LogP contribution in [0.25, 0.3) is 0 Å². The van der Waals surface area contributed by atoms with Crippen molar-refractivity contribution < 1.29 is 0 Å². The first-order valence-electron chi connectivity index (χ1n) is 15.2. The van der Waals surface area contributed by atoms with Crippen molar-refractivity contribution in [1.29, 1.82) is 0 Å². The Balaban J connectivity index is 1.69. The van der Waals surface area contributed by atoms with Gasteiger partial charge in [-0.3, -0.25) is 4.90 Å².